The second-order valence-electron chi connectivity index (χ2n) is 3.04. The molecule has 4 heteroatoms. The molecule has 2 heterocycles. The molecule has 1 aromatic rings. The summed E-state index contributed by atoms with van der Waals surface area (Å²) in [6.07, 6.45) is 0.0453. The lowest BCUT2D eigenvalue weighted by molar-refractivity contribution is -0.133. The number of ether oxygens (including phenoxy) is 1. The third kappa shape index (κ3) is 1.73. The topological polar surface area (TPSA) is 38.3 Å². The lowest BCUT2D eigenvalue weighted by atomic mass is 10.1. The van der Waals surface area contributed by atoms with E-state index in [9.17, 15) is 4.79 Å². The molecule has 0 aliphatic carbocycles. The Morgan fingerprint density at radius 3 is 3.08 bits per heavy atom. The molecule has 70 valence electrons. The lowest BCUT2D eigenvalue weighted by Crippen LogP contribution is -2.38. The fourth-order valence-corrected chi connectivity index (χ4v) is 2.18. The maximum absolute atomic E-state index is 10.8. The van der Waals surface area contributed by atoms with Gasteiger partial charge in [0.25, 0.3) is 0 Å². The zero-order chi connectivity index (χ0) is 9.26. The largest absolute Gasteiger partial charge is 0.362 e. The van der Waals surface area contributed by atoms with E-state index in [0.29, 0.717) is 6.54 Å². The Kier molecular flexibility index (Phi) is 2.33. The van der Waals surface area contributed by atoms with Gasteiger partial charge in [-0.25, -0.2) is 0 Å². The van der Waals surface area contributed by atoms with E-state index in [1.807, 2.05) is 5.38 Å². The Morgan fingerprint density at radius 2 is 2.54 bits per heavy atom. The van der Waals surface area contributed by atoms with Crippen LogP contribution in [0.25, 0.3) is 0 Å². The SMILES string of the molecule is Cc1sccc1C1CNC(=O)CO1. The summed E-state index contributed by atoms with van der Waals surface area (Å²) in [5, 5.41) is 4.83. The van der Waals surface area contributed by atoms with Crippen molar-refractivity contribution in [1.82, 2.24) is 5.32 Å². The molecule has 1 unspecified atom stereocenters. The number of hydrogen-bond acceptors (Lipinski definition) is 3. The Bertz CT molecular complexity index is 311. The number of carbonyl (C=O) groups excluding carboxylic acids is 1. The Hall–Kier alpha value is -0.870. The van der Waals surface area contributed by atoms with E-state index in [0.717, 1.165) is 0 Å². The van der Waals surface area contributed by atoms with Crippen molar-refractivity contribution in [1.29, 1.82) is 0 Å². The minimum atomic E-state index is -0.0240. The standard InChI is InChI=1S/C9H11NO2S/c1-6-7(2-3-13-6)8-4-10-9(11)5-12-8/h2-3,8H,4-5H2,1H3,(H,10,11). The van der Waals surface area contributed by atoms with Crippen LogP contribution in [0.1, 0.15) is 16.5 Å². The van der Waals surface area contributed by atoms with Crippen LogP contribution in [0, 0.1) is 6.92 Å². The van der Waals surface area contributed by atoms with Gasteiger partial charge in [-0.3, -0.25) is 4.79 Å². The molecule has 1 amide bonds. The quantitative estimate of drug-likeness (QED) is 0.735. The number of nitrogens with one attached hydrogen (secondary N) is 1. The van der Waals surface area contributed by atoms with E-state index >= 15 is 0 Å². The Morgan fingerprint density at radius 1 is 1.69 bits per heavy atom. The van der Waals surface area contributed by atoms with Crippen molar-refractivity contribution in [3.05, 3.63) is 21.9 Å². The van der Waals surface area contributed by atoms with Gasteiger partial charge in [-0.2, -0.15) is 0 Å². The fraction of sp³-hybridized carbons (Fsp3) is 0.444. The van der Waals surface area contributed by atoms with Crippen molar-refractivity contribution in [2.75, 3.05) is 13.2 Å². The maximum atomic E-state index is 10.8. The minimum Gasteiger partial charge on any atom is -0.362 e. The van der Waals surface area contributed by atoms with Crippen molar-refractivity contribution in [3.63, 3.8) is 0 Å². The van der Waals surface area contributed by atoms with Crippen LogP contribution in [-0.2, 0) is 9.53 Å². The van der Waals surface area contributed by atoms with Crippen LogP contribution < -0.4 is 5.32 Å². The highest BCUT2D eigenvalue weighted by molar-refractivity contribution is 7.10. The first-order chi connectivity index (χ1) is 6.27. The minimum absolute atomic E-state index is 0.0240. The normalized spacial score (nSPS) is 22.8. The van der Waals surface area contributed by atoms with Gasteiger partial charge in [-0.05, 0) is 23.9 Å². The predicted molar refractivity (Wildman–Crippen MR) is 50.8 cm³/mol. The number of aryl methyl sites for hydroxylation is 1. The molecule has 1 aliphatic rings. The van der Waals surface area contributed by atoms with Gasteiger partial charge in [0.1, 0.15) is 12.7 Å². The van der Waals surface area contributed by atoms with Crippen molar-refractivity contribution in [2.45, 2.75) is 13.0 Å². The molecule has 2 rings (SSSR count). The summed E-state index contributed by atoms with van der Waals surface area (Å²) < 4.78 is 5.41. The van der Waals surface area contributed by atoms with Crippen molar-refractivity contribution < 1.29 is 9.53 Å². The molecule has 1 fully saturated rings. The fourth-order valence-electron chi connectivity index (χ4n) is 1.42. The molecule has 0 saturated carbocycles. The van der Waals surface area contributed by atoms with Crippen LogP contribution in [0.3, 0.4) is 0 Å². The van der Waals surface area contributed by atoms with Crippen LogP contribution in [0.4, 0.5) is 0 Å². The summed E-state index contributed by atoms with van der Waals surface area (Å²) in [6.45, 7) is 2.84. The van der Waals surface area contributed by atoms with Gasteiger partial charge in [0, 0.05) is 11.4 Å². The molecule has 0 bridgehead atoms. The first-order valence-corrected chi connectivity index (χ1v) is 5.07. The van der Waals surface area contributed by atoms with Gasteiger partial charge < -0.3 is 10.1 Å². The molecular formula is C9H11NO2S. The van der Waals surface area contributed by atoms with Crippen LogP contribution in [0.2, 0.25) is 0 Å². The number of rotatable bonds is 1. The molecule has 0 spiro atoms. The maximum Gasteiger partial charge on any atom is 0.246 e. The van der Waals surface area contributed by atoms with E-state index in [1.54, 1.807) is 11.3 Å². The molecule has 1 saturated heterocycles. The molecule has 1 N–H and O–H groups in total. The van der Waals surface area contributed by atoms with Crippen molar-refractivity contribution in [2.24, 2.45) is 0 Å². The molecule has 1 aliphatic heterocycles. The monoisotopic (exact) mass is 197 g/mol. The first kappa shape index (κ1) is 8.72. The highest BCUT2D eigenvalue weighted by Crippen LogP contribution is 2.25. The number of hydrogen-bond donors (Lipinski definition) is 1. The summed E-state index contributed by atoms with van der Waals surface area (Å²) in [5.74, 6) is -0.0240. The molecule has 1 atom stereocenters. The van der Waals surface area contributed by atoms with Crippen molar-refractivity contribution >= 4 is 17.2 Å². The summed E-state index contributed by atoms with van der Waals surface area (Å²) in [7, 11) is 0. The molecular weight excluding hydrogens is 186 g/mol. The Labute approximate surface area is 80.7 Å². The van der Waals surface area contributed by atoms with Gasteiger partial charge >= 0.3 is 0 Å². The highest BCUT2D eigenvalue weighted by Gasteiger charge is 2.21. The molecule has 3 nitrogen and oxygen atoms in total. The van der Waals surface area contributed by atoms with Gasteiger partial charge in [-0.1, -0.05) is 0 Å². The van der Waals surface area contributed by atoms with Crippen LogP contribution in [-0.4, -0.2) is 19.1 Å². The van der Waals surface area contributed by atoms with E-state index in [-0.39, 0.29) is 18.6 Å². The van der Waals surface area contributed by atoms with Gasteiger partial charge in [0.05, 0.1) is 0 Å². The number of thiophene rings is 1. The molecule has 13 heavy (non-hydrogen) atoms. The average Bonchev–Trinajstić information content (AvgIpc) is 2.53. The molecule has 0 aromatic carbocycles. The number of morpholine rings is 1. The van der Waals surface area contributed by atoms with Gasteiger partial charge in [0.2, 0.25) is 5.91 Å². The smallest absolute Gasteiger partial charge is 0.246 e. The van der Waals surface area contributed by atoms with Gasteiger partial charge in [-0.15, -0.1) is 11.3 Å². The summed E-state index contributed by atoms with van der Waals surface area (Å²) >= 11 is 1.71. The zero-order valence-corrected chi connectivity index (χ0v) is 8.19. The highest BCUT2D eigenvalue weighted by atomic mass is 32.1. The van der Waals surface area contributed by atoms with E-state index in [1.165, 1.54) is 10.4 Å². The molecule has 0 radical (unpaired) electrons. The number of amides is 1. The lowest BCUT2D eigenvalue weighted by Gasteiger charge is -2.23. The second-order valence-corrected chi connectivity index (χ2v) is 4.16. The third-order valence-electron chi connectivity index (χ3n) is 2.15. The van der Waals surface area contributed by atoms with Gasteiger partial charge in [0.15, 0.2) is 0 Å². The van der Waals surface area contributed by atoms with Crippen LogP contribution >= 0.6 is 11.3 Å². The third-order valence-corrected chi connectivity index (χ3v) is 3.01. The van der Waals surface area contributed by atoms with E-state index in [2.05, 4.69) is 18.3 Å². The van der Waals surface area contributed by atoms with E-state index < -0.39 is 0 Å². The first-order valence-electron chi connectivity index (χ1n) is 4.19. The van der Waals surface area contributed by atoms with Crippen LogP contribution in [0.15, 0.2) is 11.4 Å². The molecule has 1 aromatic heterocycles. The summed E-state index contributed by atoms with van der Waals surface area (Å²) in [4.78, 5) is 12.1. The average molecular weight is 197 g/mol. The van der Waals surface area contributed by atoms with Crippen molar-refractivity contribution in [3.8, 4) is 0 Å². The second kappa shape index (κ2) is 3.47. The predicted octanol–water partition coefficient (Wildman–Crippen LogP) is 1.24. The van der Waals surface area contributed by atoms with E-state index in [4.69, 9.17) is 4.74 Å². The Balaban J connectivity index is 2.10. The summed E-state index contributed by atoms with van der Waals surface area (Å²) in [6, 6.07) is 2.06. The zero-order valence-electron chi connectivity index (χ0n) is 7.37. The number of carbonyl (C=O) groups is 1. The van der Waals surface area contributed by atoms with Crippen LogP contribution in [0.5, 0.6) is 0 Å². The summed E-state index contributed by atoms with van der Waals surface area (Å²) in [5.41, 5.74) is 1.20.